The van der Waals surface area contributed by atoms with Crippen LogP contribution in [0.3, 0.4) is 0 Å². The van der Waals surface area contributed by atoms with Crippen LogP contribution >= 0.6 is 12.4 Å². The third-order valence-electron chi connectivity index (χ3n) is 3.59. The third-order valence-corrected chi connectivity index (χ3v) is 3.59. The summed E-state index contributed by atoms with van der Waals surface area (Å²) < 4.78 is 46.3. The molecule has 136 valence electrons. The molecular weight excluding hydrogens is 349 g/mol. The molecule has 1 aromatic rings. The van der Waals surface area contributed by atoms with E-state index in [4.69, 9.17) is 10.5 Å². The van der Waals surface area contributed by atoms with Crippen molar-refractivity contribution in [1.29, 1.82) is 0 Å². The van der Waals surface area contributed by atoms with Crippen LogP contribution < -0.4 is 15.8 Å². The number of alkyl halides is 3. The van der Waals surface area contributed by atoms with Crippen LogP contribution in [0.25, 0.3) is 0 Å². The lowest BCUT2D eigenvalue weighted by Crippen LogP contribution is -2.56. The van der Waals surface area contributed by atoms with Crippen molar-refractivity contribution >= 4 is 18.3 Å². The molecule has 0 atom stereocenters. The van der Waals surface area contributed by atoms with Crippen molar-refractivity contribution in [2.24, 2.45) is 5.73 Å². The van der Waals surface area contributed by atoms with Gasteiger partial charge in [-0.15, -0.1) is 12.4 Å². The fourth-order valence-electron chi connectivity index (χ4n) is 2.23. The molecule has 0 radical (unpaired) electrons. The number of benzene rings is 1. The predicted octanol–water partition coefficient (Wildman–Crippen LogP) is 2.17. The normalized spacial score (nSPS) is 16.8. The Balaban J connectivity index is 0.00000288. The average Bonchev–Trinajstić information content (AvgIpc) is 2.51. The first kappa shape index (κ1) is 20.5. The van der Waals surface area contributed by atoms with Crippen LogP contribution in [0.15, 0.2) is 24.3 Å². The Morgan fingerprint density at radius 3 is 2.62 bits per heavy atom. The van der Waals surface area contributed by atoms with Gasteiger partial charge in [0.1, 0.15) is 5.75 Å². The Morgan fingerprint density at radius 2 is 2.00 bits per heavy atom. The smallest absolute Gasteiger partial charge is 0.422 e. The Bertz CT molecular complexity index is 549. The van der Waals surface area contributed by atoms with Crippen molar-refractivity contribution in [2.45, 2.75) is 31.1 Å². The van der Waals surface area contributed by atoms with Crippen LogP contribution in [0.5, 0.6) is 5.75 Å². The molecule has 24 heavy (non-hydrogen) atoms. The maximum absolute atomic E-state index is 12.2. The highest BCUT2D eigenvalue weighted by atomic mass is 35.5. The predicted molar refractivity (Wildman–Crippen MR) is 84.1 cm³/mol. The first-order valence-corrected chi connectivity index (χ1v) is 7.22. The van der Waals surface area contributed by atoms with Gasteiger partial charge in [-0.25, -0.2) is 0 Å². The molecule has 1 fully saturated rings. The number of hydrogen-bond acceptors (Lipinski definition) is 4. The minimum atomic E-state index is -4.39. The largest absolute Gasteiger partial charge is 0.484 e. The van der Waals surface area contributed by atoms with E-state index in [2.05, 4.69) is 10.1 Å². The lowest BCUT2D eigenvalue weighted by Gasteiger charge is -2.31. The zero-order chi connectivity index (χ0) is 16.9. The number of halogens is 4. The van der Waals surface area contributed by atoms with E-state index in [9.17, 15) is 18.0 Å². The van der Waals surface area contributed by atoms with Crippen LogP contribution in [-0.4, -0.2) is 37.4 Å². The lowest BCUT2D eigenvalue weighted by atomic mass is 9.90. The van der Waals surface area contributed by atoms with Gasteiger partial charge in [0.2, 0.25) is 5.91 Å². The summed E-state index contributed by atoms with van der Waals surface area (Å²) in [5.74, 6) is -0.190. The molecule has 0 unspecified atom stereocenters. The molecule has 1 heterocycles. The highest BCUT2D eigenvalue weighted by molar-refractivity contribution is 5.86. The fourth-order valence-corrected chi connectivity index (χ4v) is 2.23. The average molecular weight is 369 g/mol. The van der Waals surface area contributed by atoms with E-state index < -0.39 is 18.3 Å². The molecule has 5 nitrogen and oxygen atoms in total. The SMILES string of the molecule is Cl.NC1(C(=O)NCc2cccc(OCC(F)(F)F)c2)CCOCC1. The minimum absolute atomic E-state index is 0. The number of nitrogens with two attached hydrogens (primary N) is 1. The Kier molecular flexibility index (Phi) is 7.31. The van der Waals surface area contributed by atoms with Gasteiger partial charge in [-0.2, -0.15) is 13.2 Å². The first-order valence-electron chi connectivity index (χ1n) is 7.22. The molecule has 0 aliphatic carbocycles. The molecule has 1 aliphatic heterocycles. The van der Waals surface area contributed by atoms with Crippen molar-refractivity contribution in [3.05, 3.63) is 29.8 Å². The molecule has 0 aromatic heterocycles. The summed E-state index contributed by atoms with van der Waals surface area (Å²) in [6.07, 6.45) is -3.51. The molecule has 9 heteroatoms. The summed E-state index contributed by atoms with van der Waals surface area (Å²) in [5.41, 5.74) is 5.73. The van der Waals surface area contributed by atoms with Crippen LogP contribution in [0, 0.1) is 0 Å². The summed E-state index contributed by atoms with van der Waals surface area (Å²) >= 11 is 0. The van der Waals surface area contributed by atoms with Crippen molar-refractivity contribution in [2.75, 3.05) is 19.8 Å². The number of rotatable bonds is 5. The second-order valence-corrected chi connectivity index (χ2v) is 5.50. The number of carbonyl (C=O) groups is 1. The summed E-state index contributed by atoms with van der Waals surface area (Å²) in [6.45, 7) is -0.314. The second kappa shape index (κ2) is 8.55. The van der Waals surface area contributed by atoms with Gasteiger partial charge in [-0.05, 0) is 30.5 Å². The molecule has 0 bridgehead atoms. The monoisotopic (exact) mass is 368 g/mol. The zero-order valence-corrected chi connectivity index (χ0v) is 13.7. The van der Waals surface area contributed by atoms with Gasteiger partial charge in [0.05, 0.1) is 5.54 Å². The summed E-state index contributed by atoms with van der Waals surface area (Å²) in [4.78, 5) is 12.2. The van der Waals surface area contributed by atoms with Gasteiger partial charge in [0, 0.05) is 19.8 Å². The molecule has 1 amide bonds. The van der Waals surface area contributed by atoms with Gasteiger partial charge in [0.25, 0.3) is 0 Å². The zero-order valence-electron chi connectivity index (χ0n) is 12.9. The van der Waals surface area contributed by atoms with E-state index >= 15 is 0 Å². The van der Waals surface area contributed by atoms with E-state index in [1.54, 1.807) is 12.1 Å². The van der Waals surface area contributed by atoms with Gasteiger partial charge in [-0.3, -0.25) is 4.79 Å². The Morgan fingerprint density at radius 1 is 1.33 bits per heavy atom. The summed E-state index contributed by atoms with van der Waals surface area (Å²) in [5, 5.41) is 2.71. The molecule has 0 saturated carbocycles. The van der Waals surface area contributed by atoms with Gasteiger partial charge in [-0.1, -0.05) is 12.1 Å². The first-order chi connectivity index (χ1) is 10.8. The molecule has 2 rings (SSSR count). The molecule has 3 N–H and O–H groups in total. The van der Waals surface area contributed by atoms with Gasteiger partial charge < -0.3 is 20.5 Å². The molecule has 1 aliphatic rings. The second-order valence-electron chi connectivity index (χ2n) is 5.50. The van der Waals surface area contributed by atoms with Gasteiger partial charge in [0.15, 0.2) is 6.61 Å². The third kappa shape index (κ3) is 6.18. The number of ether oxygens (including phenoxy) is 2. The van der Waals surface area contributed by atoms with Crippen LogP contribution in [0.4, 0.5) is 13.2 Å². The maximum Gasteiger partial charge on any atom is 0.422 e. The van der Waals surface area contributed by atoms with Crippen LogP contribution in [-0.2, 0) is 16.1 Å². The highest BCUT2D eigenvalue weighted by Crippen LogP contribution is 2.20. The highest BCUT2D eigenvalue weighted by Gasteiger charge is 2.35. The van der Waals surface area contributed by atoms with E-state index in [1.165, 1.54) is 12.1 Å². The number of nitrogens with one attached hydrogen (secondary N) is 1. The van der Waals surface area contributed by atoms with E-state index in [0.29, 0.717) is 31.6 Å². The van der Waals surface area contributed by atoms with E-state index in [-0.39, 0.29) is 30.6 Å². The summed E-state index contributed by atoms with van der Waals surface area (Å²) in [7, 11) is 0. The van der Waals surface area contributed by atoms with E-state index in [1.807, 2.05) is 0 Å². The quantitative estimate of drug-likeness (QED) is 0.835. The number of carbonyl (C=O) groups excluding carboxylic acids is 1. The molecule has 0 spiro atoms. The van der Waals surface area contributed by atoms with Crippen LogP contribution in [0.2, 0.25) is 0 Å². The number of hydrogen-bond donors (Lipinski definition) is 2. The van der Waals surface area contributed by atoms with Crippen molar-refractivity contribution < 1.29 is 27.4 Å². The van der Waals surface area contributed by atoms with E-state index in [0.717, 1.165) is 0 Å². The number of amides is 1. The van der Waals surface area contributed by atoms with Gasteiger partial charge >= 0.3 is 6.18 Å². The summed E-state index contributed by atoms with van der Waals surface area (Å²) in [6, 6.07) is 6.15. The topological polar surface area (TPSA) is 73.6 Å². The van der Waals surface area contributed by atoms with Crippen LogP contribution in [0.1, 0.15) is 18.4 Å². The maximum atomic E-state index is 12.2. The minimum Gasteiger partial charge on any atom is -0.484 e. The molecule has 1 aromatic carbocycles. The van der Waals surface area contributed by atoms with Crippen molar-refractivity contribution in [3.8, 4) is 5.75 Å². The fraction of sp³-hybridized carbons (Fsp3) is 0.533. The Hall–Kier alpha value is -1.51. The molecule has 1 saturated heterocycles. The van der Waals surface area contributed by atoms with Crippen molar-refractivity contribution in [3.63, 3.8) is 0 Å². The standard InChI is InChI=1S/C15H19F3N2O3.ClH/c16-15(17,18)10-23-12-3-1-2-11(8-12)9-20-13(21)14(19)4-6-22-7-5-14;/h1-3,8H,4-7,9-10,19H2,(H,20,21);1H. The van der Waals surface area contributed by atoms with Crippen molar-refractivity contribution in [1.82, 2.24) is 5.32 Å². The Labute approximate surface area is 144 Å². The lowest BCUT2D eigenvalue weighted by molar-refractivity contribution is -0.153. The molecular formula is C15H20ClF3N2O3.